The molecule has 0 atom stereocenters. The van der Waals surface area contributed by atoms with E-state index < -0.39 is 0 Å². The van der Waals surface area contributed by atoms with Crippen molar-refractivity contribution in [2.75, 3.05) is 20.5 Å². The average Bonchev–Trinajstić information content (AvgIpc) is 2.59. The minimum Gasteiger partial charge on any atom is -0.493 e. The van der Waals surface area contributed by atoms with Crippen LogP contribution in [0.3, 0.4) is 0 Å². The molecule has 114 valence electrons. The average molecular weight is 314 g/mol. The maximum atomic E-state index is 12.2. The molecule has 2 rings (SSSR count). The number of carbonyl (C=O) groups excluding carboxylic acids is 1. The topological polar surface area (TPSA) is 35.5 Å². The van der Waals surface area contributed by atoms with Gasteiger partial charge in [-0.15, -0.1) is 11.8 Å². The van der Waals surface area contributed by atoms with E-state index in [0.29, 0.717) is 17.1 Å². The van der Waals surface area contributed by atoms with Crippen LogP contribution in [0.15, 0.2) is 53.4 Å². The number of carbonyl (C=O) groups is 1. The van der Waals surface area contributed by atoms with Crippen molar-refractivity contribution >= 4 is 23.6 Å². The van der Waals surface area contributed by atoms with E-state index >= 15 is 0 Å². The van der Waals surface area contributed by atoms with E-state index in [0.717, 1.165) is 10.5 Å². The SMILES string of the molecule is COc1cccc(/C=C/C(=O)c2ccc(SC)cc2)c1OC. The highest BCUT2D eigenvalue weighted by molar-refractivity contribution is 7.98. The summed E-state index contributed by atoms with van der Waals surface area (Å²) in [6.45, 7) is 0. The van der Waals surface area contributed by atoms with E-state index in [1.54, 1.807) is 38.1 Å². The van der Waals surface area contributed by atoms with E-state index in [9.17, 15) is 4.79 Å². The molecule has 0 aliphatic heterocycles. The number of hydrogen-bond acceptors (Lipinski definition) is 4. The van der Waals surface area contributed by atoms with Crippen LogP contribution in [0, 0.1) is 0 Å². The third kappa shape index (κ3) is 3.71. The van der Waals surface area contributed by atoms with Gasteiger partial charge in [-0.2, -0.15) is 0 Å². The first-order chi connectivity index (χ1) is 10.7. The molecule has 0 spiro atoms. The third-order valence-corrected chi connectivity index (χ3v) is 3.97. The molecular weight excluding hydrogens is 296 g/mol. The third-order valence-electron chi connectivity index (χ3n) is 3.22. The minimum atomic E-state index is -0.0440. The van der Waals surface area contributed by atoms with Crippen LogP contribution in [-0.4, -0.2) is 26.3 Å². The Hall–Kier alpha value is -2.20. The first-order valence-electron chi connectivity index (χ1n) is 6.77. The second-order valence-corrected chi connectivity index (χ2v) is 5.39. The Balaban J connectivity index is 2.22. The predicted molar refractivity (Wildman–Crippen MR) is 91.1 cm³/mol. The number of hydrogen-bond donors (Lipinski definition) is 0. The van der Waals surface area contributed by atoms with Gasteiger partial charge >= 0.3 is 0 Å². The molecular formula is C18H18O3S. The quantitative estimate of drug-likeness (QED) is 0.452. The molecule has 0 radical (unpaired) electrons. The van der Waals surface area contributed by atoms with Crippen LogP contribution in [0.25, 0.3) is 6.08 Å². The summed E-state index contributed by atoms with van der Waals surface area (Å²) in [5.41, 5.74) is 1.46. The van der Waals surface area contributed by atoms with Gasteiger partial charge in [-0.05, 0) is 48.7 Å². The molecule has 0 saturated heterocycles. The highest BCUT2D eigenvalue weighted by atomic mass is 32.2. The molecule has 3 nitrogen and oxygen atoms in total. The smallest absolute Gasteiger partial charge is 0.185 e. The van der Waals surface area contributed by atoms with Crippen LogP contribution >= 0.6 is 11.8 Å². The van der Waals surface area contributed by atoms with E-state index in [1.165, 1.54) is 0 Å². The second-order valence-electron chi connectivity index (χ2n) is 4.51. The van der Waals surface area contributed by atoms with Crippen molar-refractivity contribution in [3.63, 3.8) is 0 Å². The van der Waals surface area contributed by atoms with Crippen LogP contribution in [-0.2, 0) is 0 Å². The summed E-state index contributed by atoms with van der Waals surface area (Å²) in [6, 6.07) is 13.1. The van der Waals surface area contributed by atoms with Crippen LogP contribution < -0.4 is 9.47 Å². The molecule has 2 aromatic carbocycles. The van der Waals surface area contributed by atoms with Gasteiger partial charge < -0.3 is 9.47 Å². The molecule has 0 saturated carbocycles. The van der Waals surface area contributed by atoms with Gasteiger partial charge in [0.25, 0.3) is 0 Å². The normalized spacial score (nSPS) is 10.7. The van der Waals surface area contributed by atoms with Crippen molar-refractivity contribution in [1.29, 1.82) is 0 Å². The Labute approximate surface area is 135 Å². The van der Waals surface area contributed by atoms with Gasteiger partial charge in [0.2, 0.25) is 0 Å². The lowest BCUT2D eigenvalue weighted by atomic mass is 10.1. The van der Waals surface area contributed by atoms with Gasteiger partial charge in [0.15, 0.2) is 17.3 Å². The Bertz CT molecular complexity index is 675. The number of benzene rings is 2. The zero-order valence-electron chi connectivity index (χ0n) is 12.8. The zero-order chi connectivity index (χ0) is 15.9. The highest BCUT2D eigenvalue weighted by Gasteiger charge is 2.08. The molecule has 0 unspecified atom stereocenters. The fraction of sp³-hybridized carbons (Fsp3) is 0.167. The monoisotopic (exact) mass is 314 g/mol. The van der Waals surface area contributed by atoms with Crippen molar-refractivity contribution in [3.8, 4) is 11.5 Å². The van der Waals surface area contributed by atoms with E-state index in [4.69, 9.17) is 9.47 Å². The van der Waals surface area contributed by atoms with Crippen LogP contribution in [0.1, 0.15) is 15.9 Å². The summed E-state index contributed by atoms with van der Waals surface area (Å²) in [4.78, 5) is 13.3. The summed E-state index contributed by atoms with van der Waals surface area (Å²) in [7, 11) is 3.17. The summed E-state index contributed by atoms with van der Waals surface area (Å²) in [6.07, 6.45) is 5.29. The summed E-state index contributed by atoms with van der Waals surface area (Å²) < 4.78 is 10.6. The van der Waals surface area contributed by atoms with Gasteiger partial charge in [0.1, 0.15) is 0 Å². The Kier molecular flexibility index (Phi) is 5.67. The standard InChI is InChI=1S/C18H18O3S/c1-20-17-6-4-5-14(18(17)21-2)9-12-16(19)13-7-10-15(22-3)11-8-13/h4-12H,1-3H3/b12-9+. The Morgan fingerprint density at radius 3 is 2.36 bits per heavy atom. The van der Waals surface area contributed by atoms with Gasteiger partial charge in [-0.1, -0.05) is 12.1 Å². The summed E-state index contributed by atoms with van der Waals surface area (Å²) in [5, 5.41) is 0. The maximum absolute atomic E-state index is 12.2. The number of methoxy groups -OCH3 is 2. The van der Waals surface area contributed by atoms with Crippen molar-refractivity contribution in [1.82, 2.24) is 0 Å². The molecule has 0 aliphatic rings. The van der Waals surface area contributed by atoms with Gasteiger partial charge in [-0.3, -0.25) is 4.79 Å². The zero-order valence-corrected chi connectivity index (χ0v) is 13.6. The highest BCUT2D eigenvalue weighted by Crippen LogP contribution is 2.31. The molecule has 0 heterocycles. The largest absolute Gasteiger partial charge is 0.493 e. The molecule has 0 N–H and O–H groups in total. The molecule has 0 fully saturated rings. The molecule has 0 amide bonds. The van der Waals surface area contributed by atoms with Crippen molar-refractivity contribution in [2.45, 2.75) is 4.90 Å². The summed E-state index contributed by atoms with van der Waals surface area (Å²) in [5.74, 6) is 1.21. The van der Waals surface area contributed by atoms with Crippen LogP contribution in [0.2, 0.25) is 0 Å². The fourth-order valence-corrected chi connectivity index (χ4v) is 2.47. The van der Waals surface area contributed by atoms with Crippen LogP contribution in [0.4, 0.5) is 0 Å². The van der Waals surface area contributed by atoms with E-state index in [2.05, 4.69) is 0 Å². The van der Waals surface area contributed by atoms with Gasteiger partial charge in [-0.25, -0.2) is 0 Å². The maximum Gasteiger partial charge on any atom is 0.185 e. The first-order valence-corrected chi connectivity index (χ1v) is 7.99. The lowest BCUT2D eigenvalue weighted by molar-refractivity contribution is 0.104. The number of para-hydroxylation sites is 1. The molecule has 4 heteroatoms. The number of allylic oxidation sites excluding steroid dienone is 1. The minimum absolute atomic E-state index is 0.0440. The first kappa shape index (κ1) is 16.2. The lowest BCUT2D eigenvalue weighted by Gasteiger charge is -2.09. The lowest BCUT2D eigenvalue weighted by Crippen LogP contribution is -1.95. The fourth-order valence-electron chi connectivity index (χ4n) is 2.06. The van der Waals surface area contributed by atoms with Crippen molar-refractivity contribution in [3.05, 3.63) is 59.7 Å². The molecule has 2 aromatic rings. The van der Waals surface area contributed by atoms with E-state index in [-0.39, 0.29) is 5.78 Å². The number of thioether (sulfide) groups is 1. The Morgan fingerprint density at radius 2 is 1.77 bits per heavy atom. The van der Waals surface area contributed by atoms with Gasteiger partial charge in [0.05, 0.1) is 14.2 Å². The van der Waals surface area contributed by atoms with Gasteiger partial charge in [0, 0.05) is 16.0 Å². The second kappa shape index (κ2) is 7.71. The number of ether oxygens (including phenoxy) is 2. The molecule has 0 bridgehead atoms. The van der Waals surface area contributed by atoms with Crippen molar-refractivity contribution in [2.24, 2.45) is 0 Å². The van der Waals surface area contributed by atoms with Crippen LogP contribution in [0.5, 0.6) is 11.5 Å². The summed E-state index contributed by atoms with van der Waals surface area (Å²) >= 11 is 1.65. The van der Waals surface area contributed by atoms with Crippen molar-refractivity contribution < 1.29 is 14.3 Å². The Morgan fingerprint density at radius 1 is 1.05 bits per heavy atom. The number of rotatable bonds is 6. The molecule has 22 heavy (non-hydrogen) atoms. The van der Waals surface area contributed by atoms with E-state index in [1.807, 2.05) is 48.7 Å². The number of ketones is 1. The molecule has 0 aromatic heterocycles. The molecule has 0 aliphatic carbocycles. The predicted octanol–water partition coefficient (Wildman–Crippen LogP) is 4.32.